The normalized spacial score (nSPS) is 29.0. The van der Waals surface area contributed by atoms with E-state index in [1.54, 1.807) is 18.1 Å². The van der Waals surface area contributed by atoms with Gasteiger partial charge in [0.2, 0.25) is 0 Å². The number of anilines is 1. The lowest BCUT2D eigenvalue weighted by molar-refractivity contribution is 0.0133. The summed E-state index contributed by atoms with van der Waals surface area (Å²) in [5, 5.41) is 0.723. The van der Waals surface area contributed by atoms with E-state index in [0.717, 1.165) is 55.8 Å². The minimum atomic E-state index is -3.43. The molecular weight excluding hydrogens is 648 g/mol. The molecule has 2 aromatic carbocycles. The molecule has 3 aliphatic heterocycles. The number of nitrogens with one attached hydrogen (secondary N) is 1. The minimum Gasteiger partial charge on any atom is -0.491 e. The average Bonchev–Trinajstić information content (AvgIpc) is 3.04. The fourth-order valence-electron chi connectivity index (χ4n) is 7.37. The van der Waals surface area contributed by atoms with Crippen LogP contribution in [0.1, 0.15) is 73.9 Å². The largest absolute Gasteiger partial charge is 0.491 e. The first-order chi connectivity index (χ1) is 23.1. The fourth-order valence-corrected chi connectivity index (χ4v) is 9.45. The van der Waals surface area contributed by atoms with Gasteiger partial charge < -0.3 is 19.3 Å². The van der Waals surface area contributed by atoms with Gasteiger partial charge in [0, 0.05) is 43.9 Å². The van der Waals surface area contributed by atoms with Gasteiger partial charge in [0.25, 0.3) is 5.91 Å². The number of benzene rings is 2. The zero-order chi connectivity index (χ0) is 33.8. The smallest absolute Gasteiger partial charge is 0.329 e. The molecule has 3 amide bonds. The van der Waals surface area contributed by atoms with E-state index in [0.29, 0.717) is 61.7 Å². The number of amides is 3. The molecule has 0 radical (unpaired) electrons. The molecule has 2 bridgehead atoms. The molecule has 6 rings (SSSR count). The number of rotatable bonds is 3. The van der Waals surface area contributed by atoms with Gasteiger partial charge in [-0.2, -0.15) is 0 Å². The summed E-state index contributed by atoms with van der Waals surface area (Å²) >= 11 is 6.46. The molecule has 0 aromatic heterocycles. The second kappa shape index (κ2) is 15.2. The van der Waals surface area contributed by atoms with Crippen molar-refractivity contribution in [3.63, 3.8) is 0 Å². The highest BCUT2D eigenvalue weighted by Gasteiger charge is 2.38. The van der Waals surface area contributed by atoms with Crippen LogP contribution in [0.3, 0.4) is 0 Å². The molecule has 11 heteroatoms. The second-order valence-corrected chi connectivity index (χ2v) is 16.5. The Bertz CT molecular complexity index is 1650. The van der Waals surface area contributed by atoms with Crippen molar-refractivity contribution in [2.75, 3.05) is 44.0 Å². The molecule has 48 heavy (non-hydrogen) atoms. The van der Waals surface area contributed by atoms with Crippen LogP contribution in [0.25, 0.3) is 0 Å². The third-order valence-corrected chi connectivity index (χ3v) is 12.7. The summed E-state index contributed by atoms with van der Waals surface area (Å²) in [6.07, 6.45) is 10.7. The van der Waals surface area contributed by atoms with Gasteiger partial charge in [0.1, 0.15) is 15.7 Å². The highest BCUT2D eigenvalue weighted by molar-refractivity contribution is 7.92. The number of aryl methyl sites for hydroxylation is 1. The Kier molecular flexibility index (Phi) is 11.0. The van der Waals surface area contributed by atoms with E-state index >= 15 is 0 Å². The van der Waals surface area contributed by atoms with Gasteiger partial charge in [-0.1, -0.05) is 43.7 Å². The van der Waals surface area contributed by atoms with Crippen LogP contribution in [0.15, 0.2) is 52.9 Å². The lowest BCUT2D eigenvalue weighted by Gasteiger charge is -2.43. The number of methoxy groups -OCH3 is 1. The van der Waals surface area contributed by atoms with Crippen LogP contribution in [0.2, 0.25) is 5.02 Å². The van der Waals surface area contributed by atoms with Gasteiger partial charge >= 0.3 is 6.03 Å². The van der Waals surface area contributed by atoms with E-state index in [4.69, 9.17) is 21.1 Å². The van der Waals surface area contributed by atoms with E-state index in [-0.39, 0.29) is 17.8 Å². The number of carbonyl (C=O) groups excluding carboxylic acids is 2. The lowest BCUT2D eigenvalue weighted by atomic mass is 9.70. The van der Waals surface area contributed by atoms with Crippen LogP contribution >= 0.6 is 11.6 Å². The Morgan fingerprint density at radius 3 is 2.71 bits per heavy atom. The van der Waals surface area contributed by atoms with Crippen molar-refractivity contribution in [1.82, 2.24) is 9.62 Å². The van der Waals surface area contributed by atoms with Crippen molar-refractivity contribution < 1.29 is 23.3 Å². The number of hydrogen-bond acceptors (Lipinski definition) is 6. The van der Waals surface area contributed by atoms with Crippen LogP contribution in [0.5, 0.6) is 5.75 Å². The lowest BCUT2D eigenvalue weighted by Crippen LogP contribution is -2.55. The summed E-state index contributed by atoms with van der Waals surface area (Å²) in [7, 11) is -1.67. The third-order valence-electron chi connectivity index (χ3n) is 10.5. The molecule has 9 nitrogen and oxygen atoms in total. The van der Waals surface area contributed by atoms with E-state index in [2.05, 4.69) is 45.2 Å². The first kappa shape index (κ1) is 34.8. The molecule has 4 aliphatic rings. The zero-order valence-corrected chi connectivity index (χ0v) is 29.9. The van der Waals surface area contributed by atoms with Crippen LogP contribution in [0, 0.1) is 23.7 Å². The monoisotopic (exact) mass is 696 g/mol. The maximum Gasteiger partial charge on any atom is 0.329 e. The highest BCUT2D eigenvalue weighted by atomic mass is 35.5. The summed E-state index contributed by atoms with van der Waals surface area (Å²) in [6.45, 7) is 7.21. The van der Waals surface area contributed by atoms with Crippen LogP contribution in [-0.2, 0) is 27.6 Å². The van der Waals surface area contributed by atoms with Crippen LogP contribution in [0.4, 0.5) is 10.5 Å². The van der Waals surface area contributed by atoms with E-state index in [1.807, 2.05) is 25.1 Å². The van der Waals surface area contributed by atoms with Crippen molar-refractivity contribution in [2.45, 2.75) is 71.4 Å². The molecule has 5 atom stereocenters. The standard InChI is InChI=1S/C37H49ClN4O5S/c1-4-26-20-42(21-26)37(44)40-48(45)24-25(2)8-7-10-34(46-3)32-15-12-30(32)23-41-22-29-11-14-31(38)18-27(29)9-5-6-17-47-35-16-13-28(19-33(35)41)36(43)39-48/h7,10-11,13-14,16,18-19,25-26,30,32,34H,4-6,8-9,12,15,17,20-24H2,1-3H3,(H,39,40,43,44,45)/b10-7+/t25-,30-,32+,34-,48?/m0/s1. The Morgan fingerprint density at radius 1 is 1.12 bits per heavy atom. The third kappa shape index (κ3) is 8.03. The minimum absolute atomic E-state index is 0.0470. The maximum absolute atomic E-state index is 14.4. The first-order valence-corrected chi connectivity index (χ1v) is 19.5. The number of urea groups is 1. The molecule has 2 fully saturated rings. The molecule has 3 heterocycles. The van der Waals surface area contributed by atoms with E-state index in [1.165, 1.54) is 11.1 Å². The van der Waals surface area contributed by atoms with Gasteiger partial charge in [-0.05, 0) is 110 Å². The maximum atomic E-state index is 14.4. The molecule has 1 saturated heterocycles. The second-order valence-electron chi connectivity index (χ2n) is 14.0. The quantitative estimate of drug-likeness (QED) is 0.339. The van der Waals surface area contributed by atoms with Gasteiger partial charge in [-0.3, -0.25) is 9.52 Å². The fraction of sp³-hybridized carbons (Fsp3) is 0.568. The molecule has 1 unspecified atom stereocenters. The van der Waals surface area contributed by atoms with Crippen molar-refractivity contribution in [2.24, 2.45) is 28.0 Å². The average molecular weight is 697 g/mol. The summed E-state index contributed by atoms with van der Waals surface area (Å²) in [5.41, 5.74) is 3.53. The first-order valence-electron chi connectivity index (χ1n) is 17.5. The molecule has 2 aromatic rings. The molecule has 1 aliphatic carbocycles. The van der Waals surface area contributed by atoms with Gasteiger partial charge in [0.15, 0.2) is 0 Å². The van der Waals surface area contributed by atoms with Crippen molar-refractivity contribution in [1.29, 1.82) is 0 Å². The number of halogens is 1. The Labute approximate surface area is 290 Å². The van der Waals surface area contributed by atoms with Crippen LogP contribution < -0.4 is 14.4 Å². The van der Waals surface area contributed by atoms with Gasteiger partial charge in [0.05, 0.1) is 24.2 Å². The molecule has 260 valence electrons. The summed E-state index contributed by atoms with van der Waals surface area (Å²) in [5.74, 6) is 1.21. The topological polar surface area (TPSA) is 101 Å². The van der Waals surface area contributed by atoms with Crippen LogP contribution in [-0.4, -0.2) is 66.3 Å². The number of likely N-dealkylation sites (tertiary alicyclic amines) is 1. The molecule has 1 saturated carbocycles. The molecule has 1 N–H and O–H groups in total. The predicted molar refractivity (Wildman–Crippen MR) is 191 cm³/mol. The van der Waals surface area contributed by atoms with Crippen molar-refractivity contribution >= 4 is 39.1 Å². The predicted octanol–water partition coefficient (Wildman–Crippen LogP) is 7.27. The number of allylic oxidation sites excluding steroid dienone is 1. The SMILES string of the molecule is CCC1CN(C(=O)NS2(=O)=NC(=O)c3ccc4c(c3)N(Cc3ccc(Cl)cc3CCCCO4)C[C@@H]3CC[C@H]3[C@@H](OC)/C=C/C[C@H](C)C2)C1. The number of hydrogen-bond donors (Lipinski definition) is 1. The summed E-state index contributed by atoms with van der Waals surface area (Å²) < 4.78 is 33.8. The van der Waals surface area contributed by atoms with Crippen molar-refractivity contribution in [3.8, 4) is 5.75 Å². The highest BCUT2D eigenvalue weighted by Crippen LogP contribution is 2.42. The molecular formula is C37H49ClN4O5S. The Hall–Kier alpha value is -3.08. The number of nitrogens with zero attached hydrogens (tertiary/aromatic N) is 3. The van der Waals surface area contributed by atoms with Gasteiger partial charge in [-0.15, -0.1) is 4.36 Å². The van der Waals surface area contributed by atoms with E-state index < -0.39 is 21.9 Å². The number of ether oxygens (including phenoxy) is 2. The number of fused-ring (bicyclic) bond motifs is 3. The summed E-state index contributed by atoms with van der Waals surface area (Å²) in [6, 6.07) is 11.0. The van der Waals surface area contributed by atoms with E-state index in [9.17, 15) is 13.8 Å². The van der Waals surface area contributed by atoms with Gasteiger partial charge in [-0.25, -0.2) is 9.00 Å². The Balaban J connectivity index is 1.42. The Morgan fingerprint density at radius 2 is 1.96 bits per heavy atom. The molecule has 0 spiro atoms. The zero-order valence-electron chi connectivity index (χ0n) is 28.4. The summed E-state index contributed by atoms with van der Waals surface area (Å²) in [4.78, 5) is 31.1. The number of carbonyl (C=O) groups is 2. The van der Waals surface area contributed by atoms with Crippen molar-refractivity contribution in [3.05, 3.63) is 70.3 Å².